The fraction of sp³-hybridized carbons (Fsp3) is 1.00. The van der Waals surface area contributed by atoms with Gasteiger partial charge in [-0.1, -0.05) is 27.7 Å². The molecule has 0 spiro atoms. The first kappa shape index (κ1) is 14.0. The van der Waals surface area contributed by atoms with E-state index < -0.39 is 0 Å². The van der Waals surface area contributed by atoms with Crippen molar-refractivity contribution in [1.82, 2.24) is 5.32 Å². The Bertz CT molecular complexity index is 191. The van der Waals surface area contributed by atoms with Crippen LogP contribution in [0.1, 0.15) is 53.4 Å². The van der Waals surface area contributed by atoms with E-state index in [2.05, 4.69) is 33.0 Å². The summed E-state index contributed by atoms with van der Waals surface area (Å²) in [5.41, 5.74) is 0.471. The fourth-order valence-corrected chi connectivity index (χ4v) is 2.98. The van der Waals surface area contributed by atoms with Crippen molar-refractivity contribution in [3.8, 4) is 0 Å². The standard InChI is InChI=1S/C14H29NO/c1-5-6-15-7-8-16-13-9-12(2)10-14(3,4)11-13/h12-13,15H,5-11H2,1-4H3. The molecule has 0 aromatic carbocycles. The summed E-state index contributed by atoms with van der Waals surface area (Å²) in [6.45, 7) is 12.3. The lowest BCUT2D eigenvalue weighted by Gasteiger charge is -2.38. The molecule has 1 aliphatic rings. The summed E-state index contributed by atoms with van der Waals surface area (Å²) in [6, 6.07) is 0. The van der Waals surface area contributed by atoms with Crippen molar-refractivity contribution in [3.63, 3.8) is 0 Å². The molecule has 96 valence electrons. The molecule has 16 heavy (non-hydrogen) atoms. The Morgan fingerprint density at radius 2 is 2.00 bits per heavy atom. The minimum Gasteiger partial charge on any atom is -0.377 e. The average Bonchev–Trinajstić information content (AvgIpc) is 2.14. The van der Waals surface area contributed by atoms with E-state index in [1.807, 2.05) is 0 Å². The number of rotatable bonds is 6. The highest BCUT2D eigenvalue weighted by Crippen LogP contribution is 2.39. The zero-order valence-corrected chi connectivity index (χ0v) is 11.5. The van der Waals surface area contributed by atoms with E-state index in [1.165, 1.54) is 25.7 Å². The van der Waals surface area contributed by atoms with Crippen LogP contribution in [0.2, 0.25) is 0 Å². The van der Waals surface area contributed by atoms with Crippen molar-refractivity contribution in [3.05, 3.63) is 0 Å². The fourth-order valence-electron chi connectivity index (χ4n) is 2.98. The molecule has 1 N–H and O–H groups in total. The smallest absolute Gasteiger partial charge is 0.0594 e. The van der Waals surface area contributed by atoms with E-state index in [0.29, 0.717) is 11.5 Å². The van der Waals surface area contributed by atoms with Crippen LogP contribution >= 0.6 is 0 Å². The molecule has 1 aliphatic carbocycles. The van der Waals surface area contributed by atoms with Crippen LogP contribution in [0, 0.1) is 11.3 Å². The van der Waals surface area contributed by atoms with Gasteiger partial charge in [0, 0.05) is 6.54 Å². The second-order valence-electron chi connectivity index (χ2n) is 6.16. The molecule has 1 rings (SSSR count). The van der Waals surface area contributed by atoms with Crippen LogP contribution in [0.4, 0.5) is 0 Å². The van der Waals surface area contributed by atoms with Crippen LogP contribution in [0.25, 0.3) is 0 Å². The van der Waals surface area contributed by atoms with Gasteiger partial charge in [-0.2, -0.15) is 0 Å². The van der Waals surface area contributed by atoms with Gasteiger partial charge in [0.1, 0.15) is 0 Å². The lowest BCUT2D eigenvalue weighted by Crippen LogP contribution is -2.34. The molecule has 0 aliphatic heterocycles. The molecule has 0 amide bonds. The third-order valence-electron chi connectivity index (χ3n) is 3.41. The molecule has 0 heterocycles. The molecule has 0 saturated heterocycles. The summed E-state index contributed by atoms with van der Waals surface area (Å²) >= 11 is 0. The second kappa shape index (κ2) is 6.61. The van der Waals surface area contributed by atoms with Crippen molar-refractivity contribution >= 4 is 0 Å². The van der Waals surface area contributed by atoms with Crippen molar-refractivity contribution < 1.29 is 4.74 Å². The predicted molar refractivity (Wildman–Crippen MR) is 69.7 cm³/mol. The average molecular weight is 227 g/mol. The zero-order chi connectivity index (χ0) is 12.0. The predicted octanol–water partition coefficient (Wildman–Crippen LogP) is 3.22. The first-order chi connectivity index (χ1) is 7.53. The SMILES string of the molecule is CCCNCCOC1CC(C)CC(C)(C)C1. The zero-order valence-electron chi connectivity index (χ0n) is 11.5. The van der Waals surface area contributed by atoms with Crippen molar-refractivity contribution in [2.45, 2.75) is 59.5 Å². The van der Waals surface area contributed by atoms with E-state index >= 15 is 0 Å². The van der Waals surface area contributed by atoms with Crippen LogP contribution in [0.15, 0.2) is 0 Å². The van der Waals surface area contributed by atoms with E-state index in [9.17, 15) is 0 Å². The molecule has 0 aromatic rings. The Morgan fingerprint density at radius 1 is 1.25 bits per heavy atom. The highest BCUT2D eigenvalue weighted by molar-refractivity contribution is 4.83. The van der Waals surface area contributed by atoms with Gasteiger partial charge in [-0.05, 0) is 43.6 Å². The van der Waals surface area contributed by atoms with Gasteiger partial charge < -0.3 is 10.1 Å². The Hall–Kier alpha value is -0.0800. The van der Waals surface area contributed by atoms with Gasteiger partial charge in [-0.25, -0.2) is 0 Å². The Labute approximate surface area is 101 Å². The largest absolute Gasteiger partial charge is 0.377 e. The van der Waals surface area contributed by atoms with Crippen LogP contribution in [-0.4, -0.2) is 25.8 Å². The highest BCUT2D eigenvalue weighted by Gasteiger charge is 2.32. The number of ether oxygens (including phenoxy) is 1. The van der Waals surface area contributed by atoms with Gasteiger partial charge >= 0.3 is 0 Å². The molecule has 1 saturated carbocycles. The molecule has 0 bridgehead atoms. The summed E-state index contributed by atoms with van der Waals surface area (Å²) in [6.07, 6.45) is 5.51. The second-order valence-corrected chi connectivity index (χ2v) is 6.16. The third-order valence-corrected chi connectivity index (χ3v) is 3.41. The van der Waals surface area contributed by atoms with Crippen LogP contribution in [0.5, 0.6) is 0 Å². The molecule has 2 heteroatoms. The molecule has 1 fully saturated rings. The summed E-state index contributed by atoms with van der Waals surface area (Å²) in [4.78, 5) is 0. The maximum Gasteiger partial charge on any atom is 0.0594 e. The van der Waals surface area contributed by atoms with Gasteiger partial charge in [-0.3, -0.25) is 0 Å². The maximum absolute atomic E-state index is 5.97. The molecule has 0 radical (unpaired) electrons. The first-order valence-corrected chi connectivity index (χ1v) is 6.86. The van der Waals surface area contributed by atoms with Crippen LogP contribution in [0.3, 0.4) is 0 Å². The molecular weight excluding hydrogens is 198 g/mol. The van der Waals surface area contributed by atoms with Crippen LogP contribution < -0.4 is 5.32 Å². The Balaban J connectivity index is 2.16. The summed E-state index contributed by atoms with van der Waals surface area (Å²) in [5, 5.41) is 3.38. The monoisotopic (exact) mass is 227 g/mol. The molecule has 2 unspecified atom stereocenters. The van der Waals surface area contributed by atoms with Gasteiger partial charge in [-0.15, -0.1) is 0 Å². The van der Waals surface area contributed by atoms with E-state index in [1.54, 1.807) is 0 Å². The molecule has 2 atom stereocenters. The number of nitrogens with one attached hydrogen (secondary N) is 1. The van der Waals surface area contributed by atoms with Crippen molar-refractivity contribution in [2.75, 3.05) is 19.7 Å². The van der Waals surface area contributed by atoms with Crippen LogP contribution in [-0.2, 0) is 4.74 Å². The summed E-state index contributed by atoms with van der Waals surface area (Å²) < 4.78 is 5.97. The molecular formula is C14H29NO. The Kier molecular flexibility index (Phi) is 5.77. The van der Waals surface area contributed by atoms with Gasteiger partial charge in [0.2, 0.25) is 0 Å². The summed E-state index contributed by atoms with van der Waals surface area (Å²) in [7, 11) is 0. The van der Waals surface area contributed by atoms with Crippen molar-refractivity contribution in [2.24, 2.45) is 11.3 Å². The topological polar surface area (TPSA) is 21.3 Å². The quantitative estimate of drug-likeness (QED) is 0.704. The lowest BCUT2D eigenvalue weighted by molar-refractivity contribution is -0.0212. The van der Waals surface area contributed by atoms with E-state index in [-0.39, 0.29) is 0 Å². The van der Waals surface area contributed by atoms with Gasteiger partial charge in [0.25, 0.3) is 0 Å². The van der Waals surface area contributed by atoms with Crippen molar-refractivity contribution in [1.29, 1.82) is 0 Å². The van der Waals surface area contributed by atoms with Gasteiger partial charge in [0.05, 0.1) is 12.7 Å². The minimum atomic E-state index is 0.471. The maximum atomic E-state index is 5.97. The number of hydrogen-bond acceptors (Lipinski definition) is 2. The first-order valence-electron chi connectivity index (χ1n) is 6.86. The normalized spacial score (nSPS) is 29.2. The Morgan fingerprint density at radius 3 is 2.62 bits per heavy atom. The minimum absolute atomic E-state index is 0.471. The molecule has 2 nitrogen and oxygen atoms in total. The van der Waals surface area contributed by atoms with E-state index in [4.69, 9.17) is 4.74 Å². The highest BCUT2D eigenvalue weighted by atomic mass is 16.5. The third kappa shape index (κ3) is 5.31. The van der Waals surface area contributed by atoms with Gasteiger partial charge in [0.15, 0.2) is 0 Å². The van der Waals surface area contributed by atoms with E-state index in [0.717, 1.165) is 25.6 Å². The summed E-state index contributed by atoms with van der Waals surface area (Å²) in [5.74, 6) is 0.817. The number of hydrogen-bond donors (Lipinski definition) is 1. The lowest BCUT2D eigenvalue weighted by atomic mass is 9.71. The molecule has 0 aromatic heterocycles.